The number of rotatable bonds is 6. The first-order valence-corrected chi connectivity index (χ1v) is 7.14. The second kappa shape index (κ2) is 7.32. The minimum Gasteiger partial charge on any atom is -0.496 e. The molecule has 0 amide bonds. The van der Waals surface area contributed by atoms with Gasteiger partial charge in [-0.3, -0.25) is 0 Å². The van der Waals surface area contributed by atoms with Gasteiger partial charge in [0.05, 0.1) is 7.11 Å². The number of methoxy groups -OCH3 is 1. The molecule has 0 bridgehead atoms. The van der Waals surface area contributed by atoms with Crippen molar-refractivity contribution in [2.45, 2.75) is 18.9 Å². The van der Waals surface area contributed by atoms with Crippen molar-refractivity contribution in [1.82, 2.24) is 5.32 Å². The Hall–Kier alpha value is -1.51. The first-order chi connectivity index (χ1) is 9.72. The molecule has 0 aliphatic carbocycles. The molecular formula is C17H20ClNO. The maximum absolute atomic E-state index is 6.08. The van der Waals surface area contributed by atoms with Gasteiger partial charge >= 0.3 is 0 Å². The summed E-state index contributed by atoms with van der Waals surface area (Å²) in [5, 5.41) is 4.12. The van der Waals surface area contributed by atoms with Crippen LogP contribution in [0, 0.1) is 0 Å². The average Bonchev–Trinajstić information content (AvgIpc) is 2.48. The Morgan fingerprint density at radius 3 is 2.50 bits per heavy atom. The van der Waals surface area contributed by atoms with Crippen LogP contribution in [0.15, 0.2) is 48.5 Å². The van der Waals surface area contributed by atoms with Gasteiger partial charge < -0.3 is 10.1 Å². The third-order valence-corrected chi connectivity index (χ3v) is 3.68. The number of ether oxygens (including phenoxy) is 1. The van der Waals surface area contributed by atoms with E-state index in [0.29, 0.717) is 6.04 Å². The van der Waals surface area contributed by atoms with Crippen LogP contribution in [0.5, 0.6) is 5.75 Å². The summed E-state index contributed by atoms with van der Waals surface area (Å²) in [6, 6.07) is 16.6. The molecule has 0 saturated carbocycles. The molecule has 0 aromatic heterocycles. The molecule has 0 aliphatic rings. The minimum absolute atomic E-state index is 0.352. The molecule has 2 aromatic carbocycles. The fourth-order valence-corrected chi connectivity index (χ4v) is 2.54. The molecule has 0 aliphatic heterocycles. The van der Waals surface area contributed by atoms with Gasteiger partial charge in [-0.25, -0.2) is 0 Å². The van der Waals surface area contributed by atoms with E-state index in [0.717, 1.165) is 29.2 Å². The maximum Gasteiger partial charge on any atom is 0.122 e. The van der Waals surface area contributed by atoms with E-state index in [4.69, 9.17) is 16.3 Å². The first kappa shape index (κ1) is 14.9. The second-order valence-electron chi connectivity index (χ2n) is 4.84. The van der Waals surface area contributed by atoms with Gasteiger partial charge in [0.25, 0.3) is 0 Å². The predicted molar refractivity (Wildman–Crippen MR) is 84.7 cm³/mol. The molecule has 2 rings (SSSR count). The molecule has 1 N–H and O–H groups in total. The lowest BCUT2D eigenvalue weighted by molar-refractivity contribution is 0.406. The van der Waals surface area contributed by atoms with E-state index in [9.17, 15) is 0 Å². The summed E-state index contributed by atoms with van der Waals surface area (Å²) in [5.41, 5.74) is 2.46. The molecule has 1 unspecified atom stereocenters. The normalized spacial score (nSPS) is 12.2. The summed E-state index contributed by atoms with van der Waals surface area (Å²) in [6.07, 6.45) is 1.86. The lowest BCUT2D eigenvalue weighted by atomic mass is 9.98. The van der Waals surface area contributed by atoms with Crippen molar-refractivity contribution < 1.29 is 4.74 Å². The monoisotopic (exact) mass is 289 g/mol. The molecular weight excluding hydrogens is 270 g/mol. The van der Waals surface area contributed by atoms with Crippen molar-refractivity contribution in [2.75, 3.05) is 14.2 Å². The van der Waals surface area contributed by atoms with Crippen molar-refractivity contribution in [1.29, 1.82) is 0 Å². The Bertz CT molecular complexity index is 542. The summed E-state index contributed by atoms with van der Waals surface area (Å²) in [7, 11) is 3.68. The van der Waals surface area contributed by atoms with Gasteiger partial charge in [0.2, 0.25) is 0 Å². The van der Waals surface area contributed by atoms with Gasteiger partial charge in [0.1, 0.15) is 5.75 Å². The van der Waals surface area contributed by atoms with Crippen LogP contribution in [-0.4, -0.2) is 20.2 Å². The quantitative estimate of drug-likeness (QED) is 0.875. The van der Waals surface area contributed by atoms with E-state index in [1.54, 1.807) is 7.11 Å². The van der Waals surface area contributed by atoms with Crippen LogP contribution in [-0.2, 0) is 12.8 Å². The third-order valence-electron chi connectivity index (χ3n) is 3.44. The zero-order valence-corrected chi connectivity index (χ0v) is 12.7. The van der Waals surface area contributed by atoms with Crippen molar-refractivity contribution in [3.63, 3.8) is 0 Å². The highest BCUT2D eigenvalue weighted by atomic mass is 35.5. The standard InChI is InChI=1S/C17H20ClNO/c1-19-16(10-13-6-4-3-5-7-13)12-14-11-15(18)8-9-17(14)20-2/h3-9,11,16,19H,10,12H2,1-2H3. The molecule has 2 nitrogen and oxygen atoms in total. The molecule has 0 saturated heterocycles. The lowest BCUT2D eigenvalue weighted by Crippen LogP contribution is -2.30. The van der Waals surface area contributed by atoms with Crippen LogP contribution < -0.4 is 10.1 Å². The molecule has 3 heteroatoms. The Balaban J connectivity index is 2.12. The summed E-state index contributed by atoms with van der Waals surface area (Å²) in [5.74, 6) is 0.891. The van der Waals surface area contributed by atoms with Crippen molar-refractivity contribution in [3.8, 4) is 5.75 Å². The first-order valence-electron chi connectivity index (χ1n) is 6.76. The highest BCUT2D eigenvalue weighted by Crippen LogP contribution is 2.24. The van der Waals surface area contributed by atoms with Crippen molar-refractivity contribution >= 4 is 11.6 Å². The number of hydrogen-bond acceptors (Lipinski definition) is 2. The summed E-state index contributed by atoms with van der Waals surface area (Å²) in [4.78, 5) is 0. The van der Waals surface area contributed by atoms with Gasteiger partial charge in [0, 0.05) is 11.1 Å². The maximum atomic E-state index is 6.08. The topological polar surface area (TPSA) is 21.3 Å². The number of benzene rings is 2. The Morgan fingerprint density at radius 1 is 1.10 bits per heavy atom. The SMILES string of the molecule is CNC(Cc1ccccc1)Cc1cc(Cl)ccc1OC. The fraction of sp³-hybridized carbons (Fsp3) is 0.294. The second-order valence-corrected chi connectivity index (χ2v) is 5.27. The van der Waals surface area contributed by atoms with Crippen LogP contribution >= 0.6 is 11.6 Å². The molecule has 0 spiro atoms. The minimum atomic E-state index is 0.352. The van der Waals surface area contributed by atoms with Gasteiger partial charge in [-0.2, -0.15) is 0 Å². The highest BCUT2D eigenvalue weighted by Gasteiger charge is 2.12. The largest absolute Gasteiger partial charge is 0.496 e. The van der Waals surface area contributed by atoms with Gasteiger partial charge in [-0.15, -0.1) is 0 Å². The zero-order valence-electron chi connectivity index (χ0n) is 11.9. The van der Waals surface area contributed by atoms with Crippen LogP contribution in [0.25, 0.3) is 0 Å². The average molecular weight is 290 g/mol. The summed E-state index contributed by atoms with van der Waals surface area (Å²) >= 11 is 6.08. The number of nitrogens with one attached hydrogen (secondary N) is 1. The van der Waals surface area contributed by atoms with E-state index < -0.39 is 0 Å². The van der Waals surface area contributed by atoms with Crippen molar-refractivity contribution in [2.24, 2.45) is 0 Å². The number of likely N-dealkylation sites (N-methyl/N-ethyl adjacent to an activating group) is 1. The molecule has 0 heterocycles. The van der Waals surface area contributed by atoms with Crippen LogP contribution in [0.3, 0.4) is 0 Å². The molecule has 20 heavy (non-hydrogen) atoms. The Morgan fingerprint density at radius 2 is 1.85 bits per heavy atom. The number of hydrogen-bond donors (Lipinski definition) is 1. The smallest absolute Gasteiger partial charge is 0.122 e. The van der Waals surface area contributed by atoms with Crippen LogP contribution in [0.4, 0.5) is 0 Å². The van der Waals surface area contributed by atoms with E-state index in [1.165, 1.54) is 5.56 Å². The van der Waals surface area contributed by atoms with E-state index in [-0.39, 0.29) is 0 Å². The fourth-order valence-electron chi connectivity index (χ4n) is 2.35. The molecule has 1 atom stereocenters. The van der Waals surface area contributed by atoms with Gasteiger partial charge in [-0.1, -0.05) is 41.9 Å². The van der Waals surface area contributed by atoms with Crippen LogP contribution in [0.2, 0.25) is 5.02 Å². The predicted octanol–water partition coefficient (Wildman–Crippen LogP) is 3.72. The number of halogens is 1. The van der Waals surface area contributed by atoms with Gasteiger partial charge in [-0.05, 0) is 49.2 Å². The summed E-state index contributed by atoms with van der Waals surface area (Å²) < 4.78 is 5.41. The Labute approximate surface area is 125 Å². The van der Waals surface area contributed by atoms with E-state index >= 15 is 0 Å². The lowest BCUT2D eigenvalue weighted by Gasteiger charge is -2.18. The van der Waals surface area contributed by atoms with E-state index in [2.05, 4.69) is 29.6 Å². The zero-order chi connectivity index (χ0) is 14.4. The molecule has 0 fully saturated rings. The molecule has 106 valence electrons. The van der Waals surface area contributed by atoms with E-state index in [1.807, 2.05) is 31.3 Å². The molecule has 0 radical (unpaired) electrons. The molecule has 2 aromatic rings. The highest BCUT2D eigenvalue weighted by molar-refractivity contribution is 6.30. The van der Waals surface area contributed by atoms with Gasteiger partial charge in [0.15, 0.2) is 0 Å². The Kier molecular flexibility index (Phi) is 5.45. The summed E-state index contributed by atoms with van der Waals surface area (Å²) in [6.45, 7) is 0. The third kappa shape index (κ3) is 3.99. The van der Waals surface area contributed by atoms with Crippen molar-refractivity contribution in [3.05, 3.63) is 64.7 Å². The van der Waals surface area contributed by atoms with Crippen LogP contribution in [0.1, 0.15) is 11.1 Å².